The molecule has 0 saturated carbocycles. The highest BCUT2D eigenvalue weighted by atomic mass is 19.2. The van der Waals surface area contributed by atoms with Gasteiger partial charge in [0, 0.05) is 12.6 Å². The molecule has 4 nitrogen and oxygen atoms in total. The van der Waals surface area contributed by atoms with Crippen LogP contribution in [0.15, 0.2) is 23.0 Å². The zero-order valence-electron chi connectivity index (χ0n) is 10.1. The van der Waals surface area contributed by atoms with Crippen molar-refractivity contribution in [2.24, 2.45) is 0 Å². The first kappa shape index (κ1) is 12.3. The lowest BCUT2D eigenvalue weighted by Gasteiger charge is -2.11. The van der Waals surface area contributed by atoms with E-state index in [1.165, 1.54) is 10.7 Å². The minimum absolute atomic E-state index is 0.113. The molecule has 96 valence electrons. The third kappa shape index (κ3) is 1.70. The maximum atomic E-state index is 13.2. The van der Waals surface area contributed by atoms with Crippen LogP contribution in [0.25, 0.3) is 5.69 Å². The monoisotopic (exact) mass is 253 g/mol. The molecule has 0 radical (unpaired) electrons. The van der Waals surface area contributed by atoms with Gasteiger partial charge in [0.1, 0.15) is 5.69 Å². The fourth-order valence-corrected chi connectivity index (χ4v) is 1.92. The summed E-state index contributed by atoms with van der Waals surface area (Å²) in [6.07, 6.45) is 0. The van der Waals surface area contributed by atoms with Crippen molar-refractivity contribution in [2.45, 2.75) is 20.4 Å². The summed E-state index contributed by atoms with van der Waals surface area (Å²) < 4.78 is 29.0. The van der Waals surface area contributed by atoms with Crippen LogP contribution in [-0.4, -0.2) is 9.36 Å². The first-order valence-electron chi connectivity index (χ1n) is 5.50. The fraction of sp³-hybridized carbons (Fsp3) is 0.250. The SMILES string of the molecule is CCn1c(C)c(N)c(=O)n1-c1ccc(F)c(F)c1. The van der Waals surface area contributed by atoms with Crippen molar-refractivity contribution in [3.05, 3.63) is 45.9 Å². The number of halogens is 2. The smallest absolute Gasteiger partial charge is 0.294 e. The van der Waals surface area contributed by atoms with Gasteiger partial charge in [-0.05, 0) is 26.0 Å². The lowest BCUT2D eigenvalue weighted by atomic mass is 10.3. The Morgan fingerprint density at radius 3 is 2.50 bits per heavy atom. The van der Waals surface area contributed by atoms with E-state index in [4.69, 9.17) is 5.73 Å². The highest BCUT2D eigenvalue weighted by Gasteiger charge is 2.15. The Hall–Kier alpha value is -2.11. The van der Waals surface area contributed by atoms with Gasteiger partial charge in [-0.1, -0.05) is 0 Å². The molecule has 0 unspecified atom stereocenters. The van der Waals surface area contributed by atoms with Gasteiger partial charge < -0.3 is 5.73 Å². The molecule has 0 atom stereocenters. The topological polar surface area (TPSA) is 52.9 Å². The van der Waals surface area contributed by atoms with Crippen LogP contribution in [0.5, 0.6) is 0 Å². The van der Waals surface area contributed by atoms with Crippen molar-refractivity contribution < 1.29 is 8.78 Å². The average molecular weight is 253 g/mol. The number of hydrogen-bond donors (Lipinski definition) is 1. The minimum Gasteiger partial charge on any atom is -0.393 e. The second kappa shape index (κ2) is 4.29. The molecule has 0 amide bonds. The summed E-state index contributed by atoms with van der Waals surface area (Å²) >= 11 is 0. The second-order valence-electron chi connectivity index (χ2n) is 3.93. The van der Waals surface area contributed by atoms with E-state index in [1.54, 1.807) is 11.6 Å². The molecule has 2 N–H and O–H groups in total. The quantitative estimate of drug-likeness (QED) is 0.887. The molecule has 0 fully saturated rings. The van der Waals surface area contributed by atoms with E-state index in [0.717, 1.165) is 12.1 Å². The fourth-order valence-electron chi connectivity index (χ4n) is 1.92. The molecule has 0 aliphatic heterocycles. The summed E-state index contributed by atoms with van der Waals surface area (Å²) in [4.78, 5) is 12.0. The molecule has 0 spiro atoms. The lowest BCUT2D eigenvalue weighted by molar-refractivity contribution is 0.503. The van der Waals surface area contributed by atoms with E-state index < -0.39 is 17.2 Å². The molecule has 1 aromatic carbocycles. The summed E-state index contributed by atoms with van der Waals surface area (Å²) in [5.41, 5.74) is 6.20. The van der Waals surface area contributed by atoms with Crippen LogP contribution < -0.4 is 11.3 Å². The number of hydrogen-bond acceptors (Lipinski definition) is 2. The van der Waals surface area contributed by atoms with Gasteiger partial charge in [0.25, 0.3) is 5.56 Å². The lowest BCUT2D eigenvalue weighted by Crippen LogP contribution is -2.22. The summed E-state index contributed by atoms with van der Waals surface area (Å²) in [5.74, 6) is -1.95. The van der Waals surface area contributed by atoms with Crippen molar-refractivity contribution >= 4 is 5.69 Å². The normalized spacial score (nSPS) is 10.9. The Balaban J connectivity index is 2.74. The van der Waals surface area contributed by atoms with E-state index in [9.17, 15) is 13.6 Å². The van der Waals surface area contributed by atoms with Crippen LogP contribution in [0.1, 0.15) is 12.6 Å². The number of nitrogen functional groups attached to an aromatic ring is 1. The van der Waals surface area contributed by atoms with Crippen LogP contribution in [0, 0.1) is 18.6 Å². The second-order valence-corrected chi connectivity index (χ2v) is 3.93. The number of anilines is 1. The van der Waals surface area contributed by atoms with Crippen LogP contribution in [-0.2, 0) is 6.54 Å². The van der Waals surface area contributed by atoms with Gasteiger partial charge in [0.05, 0.1) is 11.4 Å². The molecule has 0 aliphatic carbocycles. The van der Waals surface area contributed by atoms with Gasteiger partial charge in [-0.25, -0.2) is 13.5 Å². The van der Waals surface area contributed by atoms with Gasteiger partial charge >= 0.3 is 0 Å². The molecule has 2 rings (SSSR count). The molecular formula is C12H13F2N3O. The van der Waals surface area contributed by atoms with Gasteiger partial charge in [0.2, 0.25) is 0 Å². The number of nitrogens with two attached hydrogens (primary N) is 1. The third-order valence-corrected chi connectivity index (χ3v) is 2.89. The maximum absolute atomic E-state index is 13.2. The van der Waals surface area contributed by atoms with Gasteiger partial charge in [0.15, 0.2) is 11.6 Å². The number of benzene rings is 1. The largest absolute Gasteiger partial charge is 0.393 e. The highest BCUT2D eigenvalue weighted by molar-refractivity contribution is 5.45. The first-order valence-corrected chi connectivity index (χ1v) is 5.50. The van der Waals surface area contributed by atoms with Crippen LogP contribution >= 0.6 is 0 Å². The summed E-state index contributed by atoms with van der Waals surface area (Å²) in [5, 5.41) is 0. The predicted octanol–water partition coefficient (Wildman–Crippen LogP) is 1.83. The van der Waals surface area contributed by atoms with E-state index in [0.29, 0.717) is 12.2 Å². The number of rotatable bonds is 2. The van der Waals surface area contributed by atoms with Gasteiger partial charge in [-0.15, -0.1) is 0 Å². The maximum Gasteiger partial charge on any atom is 0.294 e. The standard InChI is InChI=1S/C12H13F2N3O/c1-3-16-7(2)11(15)12(18)17(16)8-4-5-9(13)10(14)6-8/h4-6H,3,15H2,1-2H3. The molecule has 0 saturated heterocycles. The average Bonchev–Trinajstić information content (AvgIpc) is 2.57. The van der Waals surface area contributed by atoms with E-state index in [-0.39, 0.29) is 11.4 Å². The highest BCUT2D eigenvalue weighted by Crippen LogP contribution is 2.15. The summed E-state index contributed by atoms with van der Waals surface area (Å²) in [6.45, 7) is 4.04. The van der Waals surface area contributed by atoms with Crippen molar-refractivity contribution in [3.8, 4) is 5.69 Å². The number of nitrogens with zero attached hydrogens (tertiary/aromatic N) is 2. The Morgan fingerprint density at radius 1 is 1.28 bits per heavy atom. The molecule has 2 aromatic rings. The molecule has 18 heavy (non-hydrogen) atoms. The molecule has 0 bridgehead atoms. The molecular weight excluding hydrogens is 240 g/mol. The molecule has 1 heterocycles. The number of aromatic nitrogens is 2. The molecule has 0 aliphatic rings. The summed E-state index contributed by atoms with van der Waals surface area (Å²) in [7, 11) is 0. The predicted molar refractivity (Wildman–Crippen MR) is 64.8 cm³/mol. The van der Waals surface area contributed by atoms with Crippen LogP contribution in [0.3, 0.4) is 0 Å². The van der Waals surface area contributed by atoms with Gasteiger partial charge in [-0.2, -0.15) is 0 Å². The van der Waals surface area contributed by atoms with E-state index in [1.807, 2.05) is 6.92 Å². The minimum atomic E-state index is -1.00. The molecule has 6 heteroatoms. The van der Waals surface area contributed by atoms with Crippen molar-refractivity contribution in [2.75, 3.05) is 5.73 Å². The van der Waals surface area contributed by atoms with Crippen LogP contribution in [0.4, 0.5) is 14.5 Å². The van der Waals surface area contributed by atoms with E-state index in [2.05, 4.69) is 0 Å². The van der Waals surface area contributed by atoms with Crippen molar-refractivity contribution in [1.29, 1.82) is 0 Å². The third-order valence-electron chi connectivity index (χ3n) is 2.89. The van der Waals surface area contributed by atoms with Crippen LogP contribution in [0.2, 0.25) is 0 Å². The Bertz CT molecular complexity index is 658. The first-order chi connectivity index (χ1) is 8.47. The van der Waals surface area contributed by atoms with Gasteiger partial charge in [-0.3, -0.25) is 9.48 Å². The van der Waals surface area contributed by atoms with E-state index >= 15 is 0 Å². The molecule has 1 aromatic heterocycles. The zero-order chi connectivity index (χ0) is 13.4. The zero-order valence-corrected chi connectivity index (χ0v) is 10.1. The Labute approximate surface area is 102 Å². The van der Waals surface area contributed by atoms with Crippen molar-refractivity contribution in [3.63, 3.8) is 0 Å². The Kier molecular flexibility index (Phi) is 2.94. The Morgan fingerprint density at radius 2 is 1.94 bits per heavy atom. The van der Waals surface area contributed by atoms with Crippen molar-refractivity contribution in [1.82, 2.24) is 9.36 Å². The summed E-state index contributed by atoms with van der Waals surface area (Å²) in [6, 6.07) is 3.29.